The molecule has 5 heteroatoms. The van der Waals surface area contributed by atoms with Crippen LogP contribution in [0.1, 0.15) is 29.2 Å². The van der Waals surface area contributed by atoms with Gasteiger partial charge in [-0.05, 0) is 12.0 Å². The Kier molecular flexibility index (Phi) is 5.26. The second-order valence-corrected chi connectivity index (χ2v) is 5.28. The van der Waals surface area contributed by atoms with Crippen molar-refractivity contribution in [3.8, 4) is 0 Å². The molecule has 4 nitrogen and oxygen atoms in total. The number of esters is 1. The van der Waals surface area contributed by atoms with Gasteiger partial charge in [0.05, 0.1) is 17.8 Å². The zero-order valence-corrected chi connectivity index (χ0v) is 12.4. The fourth-order valence-electron chi connectivity index (χ4n) is 1.90. The van der Waals surface area contributed by atoms with Crippen molar-refractivity contribution in [2.45, 2.75) is 25.9 Å². The van der Waals surface area contributed by atoms with Crippen molar-refractivity contribution in [3.63, 3.8) is 0 Å². The van der Waals surface area contributed by atoms with Crippen molar-refractivity contribution in [3.05, 3.63) is 52.0 Å². The standard InChI is InChI=1S/C15H18N2O2S/c1-3-13-17-12(10-20-13)9-16-14(15(18)19-2)11-7-5-4-6-8-11/h4-8,10,14,16H,3,9H2,1-2H3. The molecule has 1 atom stereocenters. The molecule has 2 rings (SSSR count). The summed E-state index contributed by atoms with van der Waals surface area (Å²) in [6.45, 7) is 2.63. The van der Waals surface area contributed by atoms with Crippen LogP contribution in [0.4, 0.5) is 0 Å². The average Bonchev–Trinajstić information content (AvgIpc) is 2.96. The highest BCUT2D eigenvalue weighted by molar-refractivity contribution is 7.09. The molecule has 20 heavy (non-hydrogen) atoms. The molecular weight excluding hydrogens is 272 g/mol. The number of nitrogens with one attached hydrogen (secondary N) is 1. The van der Waals surface area contributed by atoms with Crippen molar-refractivity contribution in [1.29, 1.82) is 0 Å². The third kappa shape index (κ3) is 3.65. The second kappa shape index (κ2) is 7.17. The molecule has 0 amide bonds. The largest absolute Gasteiger partial charge is 0.468 e. The number of carbonyl (C=O) groups is 1. The van der Waals surface area contributed by atoms with Crippen LogP contribution in [-0.4, -0.2) is 18.1 Å². The van der Waals surface area contributed by atoms with E-state index in [2.05, 4.69) is 17.2 Å². The lowest BCUT2D eigenvalue weighted by Crippen LogP contribution is -2.29. The predicted octanol–water partition coefficient (Wildman–Crippen LogP) is 2.71. The van der Waals surface area contributed by atoms with Crippen LogP contribution in [0.3, 0.4) is 0 Å². The number of ether oxygens (including phenoxy) is 1. The Bertz CT molecular complexity index is 554. The average molecular weight is 290 g/mol. The van der Waals surface area contributed by atoms with Crippen LogP contribution in [0.15, 0.2) is 35.7 Å². The van der Waals surface area contributed by atoms with Gasteiger partial charge in [-0.3, -0.25) is 5.32 Å². The maximum absolute atomic E-state index is 11.9. The summed E-state index contributed by atoms with van der Waals surface area (Å²) in [5.74, 6) is -0.290. The fourth-order valence-corrected chi connectivity index (χ4v) is 2.64. The highest BCUT2D eigenvalue weighted by atomic mass is 32.1. The van der Waals surface area contributed by atoms with Crippen LogP contribution in [0.2, 0.25) is 0 Å². The van der Waals surface area contributed by atoms with Gasteiger partial charge >= 0.3 is 5.97 Å². The van der Waals surface area contributed by atoms with E-state index in [4.69, 9.17) is 4.74 Å². The molecule has 106 valence electrons. The molecule has 0 fully saturated rings. The number of nitrogens with zero attached hydrogens (tertiary/aromatic N) is 1. The van der Waals surface area contributed by atoms with Crippen molar-refractivity contribution in [2.75, 3.05) is 7.11 Å². The Hall–Kier alpha value is -1.72. The molecule has 0 aliphatic rings. The lowest BCUT2D eigenvalue weighted by Gasteiger charge is -2.16. The third-order valence-electron chi connectivity index (χ3n) is 2.96. The Morgan fingerprint density at radius 1 is 1.40 bits per heavy atom. The third-order valence-corrected chi connectivity index (χ3v) is 4.00. The molecular formula is C15H18N2O2S. The monoisotopic (exact) mass is 290 g/mol. The summed E-state index contributed by atoms with van der Waals surface area (Å²) in [6, 6.07) is 9.09. The fraction of sp³-hybridized carbons (Fsp3) is 0.333. The quantitative estimate of drug-likeness (QED) is 0.831. The van der Waals surface area contributed by atoms with Gasteiger partial charge in [-0.15, -0.1) is 11.3 Å². The van der Waals surface area contributed by atoms with Crippen molar-refractivity contribution in [2.24, 2.45) is 0 Å². The first-order valence-electron chi connectivity index (χ1n) is 6.54. The van der Waals surface area contributed by atoms with Crippen LogP contribution >= 0.6 is 11.3 Å². The summed E-state index contributed by atoms with van der Waals surface area (Å²) < 4.78 is 4.86. The molecule has 1 unspecified atom stereocenters. The highest BCUT2D eigenvalue weighted by Gasteiger charge is 2.20. The van der Waals surface area contributed by atoms with Crippen molar-refractivity contribution in [1.82, 2.24) is 10.3 Å². The molecule has 1 N–H and O–H groups in total. The van der Waals surface area contributed by atoms with Crippen LogP contribution in [0.5, 0.6) is 0 Å². The van der Waals surface area contributed by atoms with Gasteiger partial charge in [-0.1, -0.05) is 37.3 Å². The van der Waals surface area contributed by atoms with Gasteiger partial charge in [0.1, 0.15) is 6.04 Å². The summed E-state index contributed by atoms with van der Waals surface area (Å²) in [5, 5.41) is 6.34. The number of thiazole rings is 1. The first kappa shape index (κ1) is 14.7. The minimum Gasteiger partial charge on any atom is -0.468 e. The molecule has 0 spiro atoms. The normalized spacial score (nSPS) is 12.1. The predicted molar refractivity (Wildman–Crippen MR) is 79.5 cm³/mol. The minimum absolute atomic E-state index is 0.290. The molecule has 1 aromatic carbocycles. The maximum Gasteiger partial charge on any atom is 0.327 e. The number of carbonyl (C=O) groups excluding carboxylic acids is 1. The molecule has 0 saturated carbocycles. The van der Waals surface area contributed by atoms with E-state index in [-0.39, 0.29) is 5.97 Å². The smallest absolute Gasteiger partial charge is 0.327 e. The van der Waals surface area contributed by atoms with Crippen LogP contribution in [0, 0.1) is 0 Å². The van der Waals surface area contributed by atoms with Crippen molar-refractivity contribution < 1.29 is 9.53 Å². The first-order valence-corrected chi connectivity index (χ1v) is 7.42. The Labute approximate surface area is 122 Å². The molecule has 0 bridgehead atoms. The summed E-state index contributed by atoms with van der Waals surface area (Å²) in [5.41, 5.74) is 1.85. The zero-order valence-electron chi connectivity index (χ0n) is 11.6. The van der Waals surface area contributed by atoms with Crippen LogP contribution in [-0.2, 0) is 22.5 Å². The number of aromatic nitrogens is 1. The number of methoxy groups -OCH3 is 1. The molecule has 0 radical (unpaired) electrons. The lowest BCUT2D eigenvalue weighted by atomic mass is 10.1. The highest BCUT2D eigenvalue weighted by Crippen LogP contribution is 2.16. The number of rotatable bonds is 6. The minimum atomic E-state index is -0.465. The summed E-state index contributed by atoms with van der Waals surface area (Å²) in [7, 11) is 1.40. The van der Waals surface area contributed by atoms with E-state index in [0.717, 1.165) is 22.7 Å². The number of hydrogen-bond acceptors (Lipinski definition) is 5. The summed E-state index contributed by atoms with van der Waals surface area (Å²) in [6.07, 6.45) is 0.934. The molecule has 1 heterocycles. The van der Waals surface area contributed by atoms with E-state index >= 15 is 0 Å². The van der Waals surface area contributed by atoms with E-state index in [1.807, 2.05) is 35.7 Å². The van der Waals surface area contributed by atoms with E-state index in [0.29, 0.717) is 6.54 Å². The maximum atomic E-state index is 11.9. The molecule has 0 aliphatic heterocycles. The topological polar surface area (TPSA) is 51.2 Å². The summed E-state index contributed by atoms with van der Waals surface area (Å²) in [4.78, 5) is 16.4. The number of benzene rings is 1. The van der Waals surface area contributed by atoms with Gasteiger partial charge in [0, 0.05) is 11.9 Å². The van der Waals surface area contributed by atoms with Crippen LogP contribution < -0.4 is 5.32 Å². The van der Waals surface area contributed by atoms with E-state index in [1.165, 1.54) is 7.11 Å². The lowest BCUT2D eigenvalue weighted by molar-refractivity contribution is -0.143. The van der Waals surface area contributed by atoms with Crippen LogP contribution in [0.25, 0.3) is 0 Å². The Balaban J connectivity index is 2.07. The first-order chi connectivity index (χ1) is 9.74. The van der Waals surface area contributed by atoms with Gasteiger partial charge in [0.15, 0.2) is 0 Å². The molecule has 2 aromatic rings. The SMILES string of the molecule is CCc1nc(CNC(C(=O)OC)c2ccccc2)cs1. The van der Waals surface area contributed by atoms with E-state index in [1.54, 1.807) is 11.3 Å². The van der Waals surface area contributed by atoms with Gasteiger partial charge < -0.3 is 4.74 Å². The van der Waals surface area contributed by atoms with Gasteiger partial charge in [0.2, 0.25) is 0 Å². The van der Waals surface area contributed by atoms with Gasteiger partial charge in [-0.2, -0.15) is 0 Å². The van der Waals surface area contributed by atoms with E-state index < -0.39 is 6.04 Å². The van der Waals surface area contributed by atoms with Gasteiger partial charge in [-0.25, -0.2) is 9.78 Å². The second-order valence-electron chi connectivity index (χ2n) is 4.33. The Morgan fingerprint density at radius 3 is 2.75 bits per heavy atom. The Morgan fingerprint density at radius 2 is 2.15 bits per heavy atom. The van der Waals surface area contributed by atoms with Gasteiger partial charge in [0.25, 0.3) is 0 Å². The molecule has 0 aliphatic carbocycles. The van der Waals surface area contributed by atoms with E-state index in [9.17, 15) is 4.79 Å². The zero-order chi connectivity index (χ0) is 14.4. The molecule has 0 saturated heterocycles. The van der Waals surface area contributed by atoms with Crippen molar-refractivity contribution >= 4 is 17.3 Å². The number of aryl methyl sites for hydroxylation is 1. The molecule has 1 aromatic heterocycles. The summed E-state index contributed by atoms with van der Waals surface area (Å²) >= 11 is 1.64. The number of hydrogen-bond donors (Lipinski definition) is 1.